The van der Waals surface area contributed by atoms with E-state index in [1.165, 1.54) is 0 Å². The third kappa shape index (κ3) is 2.99. The van der Waals surface area contributed by atoms with E-state index in [0.29, 0.717) is 12.5 Å². The third-order valence-corrected chi connectivity index (χ3v) is 3.62. The molecule has 1 heterocycles. The molecule has 0 fully saturated rings. The normalized spacial score (nSPS) is 12.6. The number of benzene rings is 1. The van der Waals surface area contributed by atoms with Gasteiger partial charge in [-0.05, 0) is 19.1 Å². The minimum absolute atomic E-state index is 0.251. The minimum Gasteiger partial charge on any atom is -0.383 e. The summed E-state index contributed by atoms with van der Waals surface area (Å²) < 4.78 is 5.20. The second-order valence-electron chi connectivity index (χ2n) is 4.71. The third-order valence-electron chi connectivity index (χ3n) is 3.33. The van der Waals surface area contributed by atoms with Gasteiger partial charge < -0.3 is 9.64 Å². The highest BCUT2D eigenvalue weighted by molar-refractivity contribution is 6.17. The largest absolute Gasteiger partial charge is 0.383 e. The predicted molar refractivity (Wildman–Crippen MR) is 81.0 cm³/mol. The Labute approximate surface area is 119 Å². The van der Waals surface area contributed by atoms with Crippen LogP contribution in [0.2, 0.25) is 0 Å². The molecule has 0 amide bonds. The molecular weight excluding hydrogens is 260 g/mol. The highest BCUT2D eigenvalue weighted by Gasteiger charge is 2.15. The maximum Gasteiger partial charge on any atom is 0.133 e. The minimum atomic E-state index is 0.251. The molecule has 2 aromatic rings. The number of para-hydroxylation sites is 1. The molecule has 0 aliphatic heterocycles. The summed E-state index contributed by atoms with van der Waals surface area (Å²) in [5, 5.41) is 1.12. The number of rotatable bonds is 5. The van der Waals surface area contributed by atoms with Crippen LogP contribution in [-0.4, -0.2) is 31.8 Å². The second-order valence-corrected chi connectivity index (χ2v) is 4.98. The molecule has 0 spiro atoms. The number of pyridine rings is 1. The Bertz CT molecular complexity index is 559. The van der Waals surface area contributed by atoms with Gasteiger partial charge in [-0.25, -0.2) is 4.98 Å². The van der Waals surface area contributed by atoms with Crippen molar-refractivity contribution in [3.63, 3.8) is 0 Å². The van der Waals surface area contributed by atoms with Crippen LogP contribution in [0.5, 0.6) is 0 Å². The van der Waals surface area contributed by atoms with Gasteiger partial charge in [0.1, 0.15) is 5.82 Å². The smallest absolute Gasteiger partial charge is 0.133 e. The molecule has 4 heteroatoms. The van der Waals surface area contributed by atoms with E-state index in [0.717, 1.165) is 22.3 Å². The number of hydrogen-bond acceptors (Lipinski definition) is 3. The Morgan fingerprint density at radius 3 is 2.79 bits per heavy atom. The van der Waals surface area contributed by atoms with Crippen molar-refractivity contribution in [2.24, 2.45) is 0 Å². The molecule has 0 saturated heterocycles. The van der Waals surface area contributed by atoms with Crippen LogP contribution >= 0.6 is 11.6 Å². The lowest BCUT2D eigenvalue weighted by Crippen LogP contribution is -2.33. The van der Waals surface area contributed by atoms with Crippen molar-refractivity contribution in [3.8, 4) is 0 Å². The zero-order valence-corrected chi connectivity index (χ0v) is 12.3. The zero-order chi connectivity index (χ0) is 13.8. The van der Waals surface area contributed by atoms with E-state index in [1.54, 1.807) is 7.11 Å². The molecule has 0 N–H and O–H groups in total. The van der Waals surface area contributed by atoms with E-state index < -0.39 is 0 Å². The molecule has 1 atom stereocenters. The molecule has 19 heavy (non-hydrogen) atoms. The van der Waals surface area contributed by atoms with Crippen LogP contribution in [0.25, 0.3) is 10.9 Å². The van der Waals surface area contributed by atoms with E-state index >= 15 is 0 Å². The van der Waals surface area contributed by atoms with Crippen LogP contribution in [0.15, 0.2) is 30.3 Å². The molecule has 1 aromatic heterocycles. The van der Waals surface area contributed by atoms with Gasteiger partial charge in [-0.15, -0.1) is 11.6 Å². The van der Waals surface area contributed by atoms with Crippen LogP contribution in [0.1, 0.15) is 12.5 Å². The Morgan fingerprint density at radius 2 is 2.11 bits per heavy atom. The van der Waals surface area contributed by atoms with Gasteiger partial charge in [0, 0.05) is 25.1 Å². The zero-order valence-electron chi connectivity index (χ0n) is 11.6. The lowest BCUT2D eigenvalue weighted by molar-refractivity contribution is 0.183. The number of ether oxygens (including phenoxy) is 1. The Morgan fingerprint density at radius 1 is 1.37 bits per heavy atom. The van der Waals surface area contributed by atoms with Crippen LogP contribution in [-0.2, 0) is 10.6 Å². The molecular formula is C15H19ClN2O. The number of likely N-dealkylation sites (N-methyl/N-ethyl adjacent to an activating group) is 1. The molecule has 1 unspecified atom stereocenters. The molecule has 1 aromatic carbocycles. The first-order valence-corrected chi connectivity index (χ1v) is 6.87. The maximum atomic E-state index is 6.06. The Kier molecular flexibility index (Phi) is 4.61. The molecule has 0 aliphatic rings. The maximum absolute atomic E-state index is 6.06. The summed E-state index contributed by atoms with van der Waals surface area (Å²) in [6.07, 6.45) is 0. The number of alkyl halides is 1. The van der Waals surface area contributed by atoms with Crippen LogP contribution in [0.4, 0.5) is 5.82 Å². The lowest BCUT2D eigenvalue weighted by atomic mass is 10.1. The van der Waals surface area contributed by atoms with Crippen molar-refractivity contribution >= 4 is 28.3 Å². The molecule has 0 bridgehead atoms. The van der Waals surface area contributed by atoms with Gasteiger partial charge in [-0.1, -0.05) is 18.2 Å². The van der Waals surface area contributed by atoms with Gasteiger partial charge in [-0.2, -0.15) is 0 Å². The van der Waals surface area contributed by atoms with Gasteiger partial charge in [0.25, 0.3) is 0 Å². The molecule has 0 radical (unpaired) electrons. The van der Waals surface area contributed by atoms with Crippen LogP contribution in [0.3, 0.4) is 0 Å². The SMILES string of the molecule is COCC(C)N(C)c1nc2ccccc2cc1CCl. The Hall–Kier alpha value is -1.32. The molecule has 102 valence electrons. The van der Waals surface area contributed by atoms with E-state index in [9.17, 15) is 0 Å². The summed E-state index contributed by atoms with van der Waals surface area (Å²) in [6, 6.07) is 10.4. The van der Waals surface area contributed by atoms with Gasteiger partial charge in [-0.3, -0.25) is 0 Å². The molecule has 3 nitrogen and oxygen atoms in total. The van der Waals surface area contributed by atoms with Crippen LogP contribution < -0.4 is 4.90 Å². The van der Waals surface area contributed by atoms with Gasteiger partial charge in [0.2, 0.25) is 0 Å². The number of hydrogen-bond donors (Lipinski definition) is 0. The average molecular weight is 279 g/mol. The fraction of sp³-hybridized carbons (Fsp3) is 0.400. The Balaban J connectivity index is 2.45. The van der Waals surface area contributed by atoms with Crippen LogP contribution in [0, 0.1) is 0 Å². The number of fused-ring (bicyclic) bond motifs is 1. The molecule has 0 saturated carbocycles. The lowest BCUT2D eigenvalue weighted by Gasteiger charge is -2.27. The van der Waals surface area contributed by atoms with Crippen molar-refractivity contribution < 1.29 is 4.74 Å². The first-order valence-electron chi connectivity index (χ1n) is 6.33. The summed E-state index contributed by atoms with van der Waals surface area (Å²) in [5.74, 6) is 1.38. The standard InChI is InChI=1S/C15H19ClN2O/c1-11(10-19-3)18(2)15-13(9-16)8-12-6-4-5-7-14(12)17-15/h4-8,11H,9-10H2,1-3H3. The number of halogens is 1. The monoisotopic (exact) mass is 278 g/mol. The number of methoxy groups -OCH3 is 1. The van der Waals surface area contributed by atoms with Crippen molar-refractivity contribution in [2.45, 2.75) is 18.8 Å². The molecule has 0 aliphatic carbocycles. The van der Waals surface area contributed by atoms with Crippen molar-refractivity contribution in [1.82, 2.24) is 4.98 Å². The quantitative estimate of drug-likeness (QED) is 0.784. The summed E-state index contributed by atoms with van der Waals surface area (Å²) in [7, 11) is 3.73. The van der Waals surface area contributed by atoms with Gasteiger partial charge >= 0.3 is 0 Å². The van der Waals surface area contributed by atoms with E-state index in [2.05, 4.69) is 24.0 Å². The number of anilines is 1. The number of nitrogens with zero attached hydrogens (tertiary/aromatic N) is 2. The van der Waals surface area contributed by atoms with Gasteiger partial charge in [0.05, 0.1) is 24.0 Å². The topological polar surface area (TPSA) is 25.4 Å². The first kappa shape index (κ1) is 14.1. The summed E-state index contributed by atoms with van der Waals surface area (Å²) in [5.41, 5.74) is 2.04. The van der Waals surface area contributed by atoms with E-state index in [-0.39, 0.29) is 6.04 Å². The second kappa shape index (κ2) is 6.22. The molecule has 2 rings (SSSR count). The highest BCUT2D eigenvalue weighted by Crippen LogP contribution is 2.25. The highest BCUT2D eigenvalue weighted by atomic mass is 35.5. The van der Waals surface area contributed by atoms with Gasteiger partial charge in [0.15, 0.2) is 0 Å². The van der Waals surface area contributed by atoms with Crippen molar-refractivity contribution in [2.75, 3.05) is 25.7 Å². The fourth-order valence-electron chi connectivity index (χ4n) is 2.12. The van der Waals surface area contributed by atoms with E-state index in [1.807, 2.05) is 25.2 Å². The first-order chi connectivity index (χ1) is 9.17. The predicted octanol–water partition coefficient (Wildman–Crippen LogP) is 3.44. The fourth-order valence-corrected chi connectivity index (χ4v) is 2.31. The van der Waals surface area contributed by atoms with Crippen molar-refractivity contribution in [1.29, 1.82) is 0 Å². The average Bonchev–Trinajstić information content (AvgIpc) is 2.45. The summed E-state index contributed by atoms with van der Waals surface area (Å²) >= 11 is 6.06. The van der Waals surface area contributed by atoms with E-state index in [4.69, 9.17) is 21.3 Å². The van der Waals surface area contributed by atoms with Crippen molar-refractivity contribution in [3.05, 3.63) is 35.9 Å². The number of aromatic nitrogens is 1. The summed E-state index contributed by atoms with van der Waals surface area (Å²) in [4.78, 5) is 6.85. The summed E-state index contributed by atoms with van der Waals surface area (Å²) in [6.45, 7) is 2.77.